The molecule has 3 N–H and O–H groups in total. The minimum atomic E-state index is -0.175. The third-order valence-corrected chi connectivity index (χ3v) is 2.39. The number of carbonyl (C=O) groups is 1. The molecule has 0 radical (unpaired) electrons. The van der Waals surface area contributed by atoms with Gasteiger partial charge in [0.15, 0.2) is 0 Å². The Kier molecular flexibility index (Phi) is 1.94. The van der Waals surface area contributed by atoms with E-state index < -0.39 is 0 Å². The molecule has 0 aromatic rings. The zero-order chi connectivity index (χ0) is 7.72. The number of hydrogen-bond donors (Lipinski definition) is 2. The second kappa shape index (κ2) is 2.58. The molecular weight excluding hydrogens is 128 g/mol. The highest BCUT2D eigenvalue weighted by atomic mass is 16.1. The Morgan fingerprint density at radius 3 is 2.60 bits per heavy atom. The summed E-state index contributed by atoms with van der Waals surface area (Å²) in [6.07, 6.45) is 0.898. The molecule has 1 aliphatic heterocycles. The molecule has 1 aliphatic rings. The van der Waals surface area contributed by atoms with E-state index >= 15 is 0 Å². The summed E-state index contributed by atoms with van der Waals surface area (Å²) >= 11 is 0. The van der Waals surface area contributed by atoms with Gasteiger partial charge in [-0.05, 0) is 6.92 Å². The summed E-state index contributed by atoms with van der Waals surface area (Å²) in [6.45, 7) is 2.99. The van der Waals surface area contributed by atoms with Gasteiger partial charge in [-0.25, -0.2) is 0 Å². The number of hydrogen-bond acceptors (Lipinski definition) is 1. The third kappa shape index (κ3) is 1.14. The van der Waals surface area contributed by atoms with E-state index in [0.717, 1.165) is 13.0 Å². The van der Waals surface area contributed by atoms with Gasteiger partial charge in [0.2, 0.25) is 5.91 Å². The molecule has 0 spiro atoms. The lowest BCUT2D eigenvalue weighted by molar-refractivity contribution is -0.865. The van der Waals surface area contributed by atoms with Gasteiger partial charge in [0, 0.05) is 6.42 Å². The summed E-state index contributed by atoms with van der Waals surface area (Å²) in [5, 5.41) is 0. The van der Waals surface area contributed by atoms with Crippen molar-refractivity contribution in [1.29, 1.82) is 0 Å². The number of rotatable bonds is 1. The number of primary amides is 1. The smallest absolute Gasteiger partial charge is 0.226 e. The molecule has 10 heavy (non-hydrogen) atoms. The first-order valence-electron chi connectivity index (χ1n) is 3.60. The Labute approximate surface area is 61.2 Å². The van der Waals surface area contributed by atoms with E-state index in [1.807, 2.05) is 6.92 Å². The van der Waals surface area contributed by atoms with Gasteiger partial charge >= 0.3 is 0 Å². The predicted octanol–water partition coefficient (Wildman–Crippen LogP) is -1.44. The van der Waals surface area contributed by atoms with E-state index in [4.69, 9.17) is 5.73 Å². The first kappa shape index (κ1) is 7.54. The lowest BCUT2D eigenvalue weighted by atomic mass is 10.0. The molecule has 58 valence electrons. The maximum Gasteiger partial charge on any atom is 0.226 e. The largest absolute Gasteiger partial charge is 0.465 e. The highest BCUT2D eigenvalue weighted by Gasteiger charge is 2.32. The fraction of sp³-hybridized carbons (Fsp3) is 0.714. The van der Waals surface area contributed by atoms with Gasteiger partial charge in [-0.15, -0.1) is 0 Å². The van der Waals surface area contributed by atoms with Crippen molar-refractivity contribution in [2.24, 2.45) is 11.7 Å². The highest BCUT2D eigenvalue weighted by molar-refractivity contribution is 5.77. The molecule has 1 saturated heterocycles. The molecule has 0 saturated carbocycles. The van der Waals surface area contributed by atoms with E-state index in [-0.39, 0.29) is 11.8 Å². The van der Waals surface area contributed by atoms with E-state index in [1.165, 1.54) is 4.90 Å². The molecule has 0 aromatic carbocycles. The predicted molar refractivity (Wildman–Crippen MR) is 38.0 cm³/mol. The van der Waals surface area contributed by atoms with Crippen LogP contribution in [0.2, 0.25) is 0 Å². The van der Waals surface area contributed by atoms with E-state index in [0.29, 0.717) is 6.04 Å². The summed E-state index contributed by atoms with van der Waals surface area (Å²) in [6, 6.07) is 0.303. The number of quaternary nitrogens is 1. The van der Waals surface area contributed by atoms with Gasteiger partial charge in [0.1, 0.15) is 0 Å². The first-order valence-corrected chi connectivity index (χ1v) is 3.60. The summed E-state index contributed by atoms with van der Waals surface area (Å²) in [5.74, 6) is -0.126. The van der Waals surface area contributed by atoms with Crippen LogP contribution in [0.15, 0.2) is 0 Å². The average molecular weight is 142 g/mol. The van der Waals surface area contributed by atoms with Crippen LogP contribution in [0.25, 0.3) is 0 Å². The molecule has 1 rings (SSSR count). The maximum absolute atomic E-state index is 10.7. The SMILES string of the molecule is [CH2-][NH+]1CC[C@H](C(N)=O)[C@@H]1C. The average Bonchev–Trinajstić information content (AvgIpc) is 2.14. The molecule has 1 amide bonds. The zero-order valence-electron chi connectivity index (χ0n) is 6.26. The molecule has 1 fully saturated rings. The second-order valence-corrected chi connectivity index (χ2v) is 2.99. The Hall–Kier alpha value is -0.570. The molecule has 1 heterocycles. The minimum Gasteiger partial charge on any atom is -0.465 e. The van der Waals surface area contributed by atoms with Gasteiger partial charge in [0.25, 0.3) is 0 Å². The van der Waals surface area contributed by atoms with Gasteiger partial charge in [-0.3, -0.25) is 4.79 Å². The van der Waals surface area contributed by atoms with Crippen molar-refractivity contribution in [3.05, 3.63) is 7.05 Å². The van der Waals surface area contributed by atoms with Crippen LogP contribution in [0, 0.1) is 13.0 Å². The maximum atomic E-state index is 10.7. The lowest BCUT2D eigenvalue weighted by Gasteiger charge is -2.21. The van der Waals surface area contributed by atoms with Crippen LogP contribution in [0.1, 0.15) is 13.3 Å². The van der Waals surface area contributed by atoms with Crippen LogP contribution in [0.5, 0.6) is 0 Å². The van der Waals surface area contributed by atoms with Crippen molar-refractivity contribution in [3.63, 3.8) is 0 Å². The van der Waals surface area contributed by atoms with Crippen LogP contribution < -0.4 is 10.6 Å². The Balaban J connectivity index is 2.57. The van der Waals surface area contributed by atoms with Crippen molar-refractivity contribution < 1.29 is 9.69 Å². The van der Waals surface area contributed by atoms with Crippen molar-refractivity contribution in [2.75, 3.05) is 6.54 Å². The molecule has 0 bridgehead atoms. The van der Waals surface area contributed by atoms with Crippen molar-refractivity contribution in [3.8, 4) is 0 Å². The molecule has 3 heteroatoms. The monoisotopic (exact) mass is 142 g/mol. The standard InChI is InChI=1S/C7H14N2O/c1-5-6(7(8)10)3-4-9(5)2/h5-6,9H,2-4H2,1H3,(H2,8,10)/t5-,6-/m0/s1. The van der Waals surface area contributed by atoms with E-state index in [1.54, 1.807) is 0 Å². The summed E-state index contributed by atoms with van der Waals surface area (Å²) in [7, 11) is 3.86. The van der Waals surface area contributed by atoms with Crippen LogP contribution in [0.3, 0.4) is 0 Å². The molecule has 3 nitrogen and oxygen atoms in total. The summed E-state index contributed by atoms with van der Waals surface area (Å²) < 4.78 is 0. The normalized spacial score (nSPS) is 40.0. The fourth-order valence-corrected chi connectivity index (χ4v) is 1.49. The van der Waals surface area contributed by atoms with Crippen LogP contribution >= 0.6 is 0 Å². The van der Waals surface area contributed by atoms with Gasteiger partial charge in [-0.2, -0.15) is 7.05 Å². The lowest BCUT2D eigenvalue weighted by Crippen LogP contribution is -3.08. The second-order valence-electron chi connectivity index (χ2n) is 2.99. The number of amides is 1. The molecule has 0 aromatic heterocycles. The van der Waals surface area contributed by atoms with Crippen LogP contribution in [0.4, 0.5) is 0 Å². The minimum absolute atomic E-state index is 0.0486. The van der Waals surface area contributed by atoms with E-state index in [9.17, 15) is 4.79 Å². The number of nitrogens with two attached hydrogens (primary N) is 1. The Morgan fingerprint density at radius 2 is 2.40 bits per heavy atom. The van der Waals surface area contributed by atoms with Crippen molar-refractivity contribution in [2.45, 2.75) is 19.4 Å². The first-order chi connectivity index (χ1) is 4.63. The molecule has 1 unspecified atom stereocenters. The number of nitrogens with one attached hydrogen (secondary N) is 1. The molecular formula is C7H14N2O. The van der Waals surface area contributed by atoms with E-state index in [2.05, 4.69) is 7.05 Å². The molecule has 3 atom stereocenters. The number of likely N-dealkylation sites (tertiary alicyclic amines) is 1. The highest BCUT2D eigenvalue weighted by Crippen LogP contribution is 2.09. The van der Waals surface area contributed by atoms with Gasteiger partial charge < -0.3 is 10.6 Å². The van der Waals surface area contributed by atoms with Crippen LogP contribution in [-0.2, 0) is 4.79 Å². The fourth-order valence-electron chi connectivity index (χ4n) is 1.49. The third-order valence-electron chi connectivity index (χ3n) is 2.39. The zero-order valence-corrected chi connectivity index (χ0v) is 6.26. The Morgan fingerprint density at radius 1 is 1.80 bits per heavy atom. The van der Waals surface area contributed by atoms with Crippen LogP contribution in [-0.4, -0.2) is 18.5 Å². The van der Waals surface area contributed by atoms with Crippen molar-refractivity contribution in [1.82, 2.24) is 0 Å². The van der Waals surface area contributed by atoms with Gasteiger partial charge in [0.05, 0.1) is 18.5 Å². The molecule has 0 aliphatic carbocycles. The number of carbonyl (C=O) groups excluding carboxylic acids is 1. The topological polar surface area (TPSA) is 47.5 Å². The van der Waals surface area contributed by atoms with Crippen molar-refractivity contribution >= 4 is 5.91 Å². The quantitative estimate of drug-likeness (QED) is 0.433. The Bertz CT molecular complexity index is 147. The summed E-state index contributed by atoms with van der Waals surface area (Å²) in [5.41, 5.74) is 5.17. The summed E-state index contributed by atoms with van der Waals surface area (Å²) in [4.78, 5) is 11.9. The van der Waals surface area contributed by atoms with Gasteiger partial charge in [-0.1, -0.05) is 0 Å².